The molecule has 0 fully saturated rings. The van der Waals surface area contributed by atoms with Crippen LogP contribution < -0.4 is 0 Å². The first-order valence-corrected chi connectivity index (χ1v) is 6.49. The Bertz CT molecular complexity index is 281. The predicted molar refractivity (Wildman–Crippen MR) is 70.2 cm³/mol. The van der Waals surface area contributed by atoms with Gasteiger partial charge >= 0.3 is 0 Å². The molecule has 0 aliphatic carbocycles. The smallest absolute Gasteiger partial charge is 0.0471 e. The fraction of sp³-hybridized carbons (Fsp3) is 0.571. The van der Waals surface area contributed by atoms with E-state index >= 15 is 0 Å². The van der Waals surface area contributed by atoms with Gasteiger partial charge in [0.25, 0.3) is 0 Å². The second-order valence-corrected chi connectivity index (χ2v) is 4.49. The summed E-state index contributed by atoms with van der Waals surface area (Å²) in [6, 6.07) is 8.17. The van der Waals surface area contributed by atoms with Crippen molar-refractivity contribution in [1.82, 2.24) is 0 Å². The van der Waals surface area contributed by atoms with Crippen molar-refractivity contribution in [2.24, 2.45) is 0 Å². The highest BCUT2D eigenvalue weighted by molar-refractivity contribution is 6.30. The highest BCUT2D eigenvalue weighted by Crippen LogP contribution is 2.24. The summed E-state index contributed by atoms with van der Waals surface area (Å²) < 4.78 is 5.53. The quantitative estimate of drug-likeness (QED) is 0.631. The van der Waals surface area contributed by atoms with E-state index in [0.29, 0.717) is 5.92 Å². The van der Waals surface area contributed by atoms with Gasteiger partial charge in [-0.05, 0) is 42.9 Å². The molecule has 0 saturated heterocycles. The molecule has 0 heterocycles. The first kappa shape index (κ1) is 13.5. The van der Waals surface area contributed by atoms with Crippen LogP contribution in [0.5, 0.6) is 0 Å². The van der Waals surface area contributed by atoms with Gasteiger partial charge in [-0.15, -0.1) is 0 Å². The molecule has 16 heavy (non-hydrogen) atoms. The van der Waals surface area contributed by atoms with Gasteiger partial charge in [0.05, 0.1) is 0 Å². The van der Waals surface area contributed by atoms with Gasteiger partial charge in [-0.25, -0.2) is 0 Å². The summed E-state index contributed by atoms with van der Waals surface area (Å²) in [5.74, 6) is 0.592. The molecule has 0 N–H and O–H groups in total. The van der Waals surface area contributed by atoms with Crippen LogP contribution in [0.4, 0.5) is 0 Å². The molecule has 2 heteroatoms. The van der Waals surface area contributed by atoms with E-state index in [4.69, 9.17) is 16.3 Å². The molecule has 1 nitrogen and oxygen atoms in total. The number of halogens is 1. The fourth-order valence-electron chi connectivity index (χ4n) is 1.81. The van der Waals surface area contributed by atoms with Crippen molar-refractivity contribution in [1.29, 1.82) is 0 Å². The van der Waals surface area contributed by atoms with Crippen molar-refractivity contribution in [3.8, 4) is 0 Å². The van der Waals surface area contributed by atoms with Crippen LogP contribution in [0.3, 0.4) is 0 Å². The molecular weight excluding hydrogens is 220 g/mol. The van der Waals surface area contributed by atoms with Crippen molar-refractivity contribution in [3.63, 3.8) is 0 Å². The van der Waals surface area contributed by atoms with E-state index in [1.165, 1.54) is 5.56 Å². The molecule has 0 bridgehead atoms. The van der Waals surface area contributed by atoms with Crippen molar-refractivity contribution >= 4 is 11.6 Å². The van der Waals surface area contributed by atoms with Gasteiger partial charge in [-0.1, -0.05) is 37.6 Å². The van der Waals surface area contributed by atoms with E-state index in [9.17, 15) is 0 Å². The van der Waals surface area contributed by atoms with E-state index in [1.54, 1.807) is 0 Å². The standard InChI is InChI=1S/C14H21ClO/c1-3-10-16-11-9-12(4-2)13-5-7-14(15)8-6-13/h5-8,12H,3-4,9-11H2,1-2H3. The van der Waals surface area contributed by atoms with Gasteiger partial charge in [-0.2, -0.15) is 0 Å². The lowest BCUT2D eigenvalue weighted by molar-refractivity contribution is 0.127. The van der Waals surface area contributed by atoms with Crippen LogP contribution in [-0.4, -0.2) is 13.2 Å². The van der Waals surface area contributed by atoms with Crippen molar-refractivity contribution in [3.05, 3.63) is 34.9 Å². The van der Waals surface area contributed by atoms with Crippen molar-refractivity contribution in [2.75, 3.05) is 13.2 Å². The SMILES string of the molecule is CCCOCCC(CC)c1ccc(Cl)cc1. The zero-order chi connectivity index (χ0) is 11.8. The van der Waals surface area contributed by atoms with Gasteiger partial charge < -0.3 is 4.74 Å². The molecule has 1 atom stereocenters. The molecule has 1 aromatic rings. The van der Waals surface area contributed by atoms with E-state index in [0.717, 1.165) is 37.5 Å². The Hall–Kier alpha value is -0.530. The molecule has 0 aromatic heterocycles. The Morgan fingerprint density at radius 1 is 1.12 bits per heavy atom. The second kappa shape index (κ2) is 7.70. The van der Waals surface area contributed by atoms with Crippen LogP contribution in [0.1, 0.15) is 44.6 Å². The first-order valence-electron chi connectivity index (χ1n) is 6.11. The van der Waals surface area contributed by atoms with E-state index in [-0.39, 0.29) is 0 Å². The summed E-state index contributed by atoms with van der Waals surface area (Å²) in [5.41, 5.74) is 1.37. The number of hydrogen-bond acceptors (Lipinski definition) is 1. The van der Waals surface area contributed by atoms with Gasteiger partial charge in [-0.3, -0.25) is 0 Å². The predicted octanol–water partition coefficient (Wildman–Crippen LogP) is 4.65. The van der Waals surface area contributed by atoms with Crippen LogP contribution in [0.15, 0.2) is 24.3 Å². The molecule has 1 rings (SSSR count). The lowest BCUT2D eigenvalue weighted by atomic mass is 9.94. The molecule has 0 radical (unpaired) electrons. The number of benzene rings is 1. The number of ether oxygens (including phenoxy) is 1. The van der Waals surface area contributed by atoms with E-state index in [2.05, 4.69) is 26.0 Å². The Morgan fingerprint density at radius 2 is 1.81 bits per heavy atom. The topological polar surface area (TPSA) is 9.23 Å². The maximum absolute atomic E-state index is 5.88. The summed E-state index contributed by atoms with van der Waals surface area (Å²) in [6.45, 7) is 6.08. The second-order valence-electron chi connectivity index (χ2n) is 4.06. The minimum absolute atomic E-state index is 0.592. The number of rotatable bonds is 7. The van der Waals surface area contributed by atoms with Crippen LogP contribution in [0.25, 0.3) is 0 Å². The molecule has 0 spiro atoms. The van der Waals surface area contributed by atoms with Crippen LogP contribution in [0.2, 0.25) is 5.02 Å². The maximum atomic E-state index is 5.88. The summed E-state index contributed by atoms with van der Waals surface area (Å²) in [4.78, 5) is 0. The molecule has 0 aliphatic heterocycles. The zero-order valence-electron chi connectivity index (χ0n) is 10.2. The molecule has 0 aliphatic rings. The van der Waals surface area contributed by atoms with Gasteiger partial charge in [0.2, 0.25) is 0 Å². The van der Waals surface area contributed by atoms with E-state index < -0.39 is 0 Å². The Labute approximate surface area is 104 Å². The van der Waals surface area contributed by atoms with Gasteiger partial charge in [0.15, 0.2) is 0 Å². The molecule has 0 saturated carbocycles. The summed E-state index contributed by atoms with van der Waals surface area (Å²) in [7, 11) is 0. The minimum atomic E-state index is 0.592. The first-order chi connectivity index (χ1) is 7.77. The molecule has 1 aromatic carbocycles. The third-order valence-corrected chi connectivity index (χ3v) is 3.05. The summed E-state index contributed by atoms with van der Waals surface area (Å²) >= 11 is 5.88. The molecule has 1 unspecified atom stereocenters. The highest BCUT2D eigenvalue weighted by Gasteiger charge is 2.08. The summed E-state index contributed by atoms with van der Waals surface area (Å²) in [6.07, 6.45) is 3.34. The lowest BCUT2D eigenvalue weighted by Gasteiger charge is -2.15. The average Bonchev–Trinajstić information content (AvgIpc) is 2.31. The molecular formula is C14H21ClO. The van der Waals surface area contributed by atoms with Crippen LogP contribution in [-0.2, 0) is 4.74 Å². The fourth-order valence-corrected chi connectivity index (χ4v) is 1.94. The van der Waals surface area contributed by atoms with Crippen molar-refractivity contribution < 1.29 is 4.74 Å². The molecule has 0 amide bonds. The zero-order valence-corrected chi connectivity index (χ0v) is 11.0. The van der Waals surface area contributed by atoms with E-state index in [1.807, 2.05) is 12.1 Å². The normalized spacial score (nSPS) is 12.7. The molecule has 90 valence electrons. The summed E-state index contributed by atoms with van der Waals surface area (Å²) in [5, 5.41) is 0.806. The maximum Gasteiger partial charge on any atom is 0.0471 e. The van der Waals surface area contributed by atoms with Crippen LogP contribution in [0, 0.1) is 0 Å². The largest absolute Gasteiger partial charge is 0.381 e. The monoisotopic (exact) mass is 240 g/mol. The van der Waals surface area contributed by atoms with Gasteiger partial charge in [0.1, 0.15) is 0 Å². The minimum Gasteiger partial charge on any atom is -0.381 e. The van der Waals surface area contributed by atoms with Crippen molar-refractivity contribution in [2.45, 2.75) is 39.0 Å². The third kappa shape index (κ3) is 4.54. The van der Waals surface area contributed by atoms with Crippen LogP contribution >= 0.6 is 11.6 Å². The highest BCUT2D eigenvalue weighted by atomic mass is 35.5. The van der Waals surface area contributed by atoms with Gasteiger partial charge in [0, 0.05) is 18.2 Å². The Kier molecular flexibility index (Phi) is 6.51. The third-order valence-electron chi connectivity index (χ3n) is 2.79. The Balaban J connectivity index is 2.44. The number of hydrogen-bond donors (Lipinski definition) is 0. The lowest BCUT2D eigenvalue weighted by Crippen LogP contribution is -2.03. The average molecular weight is 241 g/mol. The Morgan fingerprint density at radius 3 is 2.38 bits per heavy atom.